The second-order valence-corrected chi connectivity index (χ2v) is 7.15. The molecule has 0 aliphatic rings. The number of thiophene rings is 1. The summed E-state index contributed by atoms with van der Waals surface area (Å²) in [5.41, 5.74) is 2.13. The molecule has 7 nitrogen and oxygen atoms in total. The molecule has 0 atom stereocenters. The van der Waals surface area contributed by atoms with Gasteiger partial charge in [0.25, 0.3) is 5.89 Å². The van der Waals surface area contributed by atoms with Crippen LogP contribution in [0.15, 0.2) is 50.0 Å². The lowest BCUT2D eigenvalue weighted by Gasteiger charge is -2.07. The Balaban J connectivity index is 1.51. The molecule has 0 aliphatic carbocycles. The number of esters is 1. The molecule has 0 amide bonds. The number of fused-ring (bicyclic) bond motifs is 1. The van der Waals surface area contributed by atoms with Crippen molar-refractivity contribution in [3.63, 3.8) is 0 Å². The number of aromatic nitrogens is 2. The van der Waals surface area contributed by atoms with Gasteiger partial charge in [0.2, 0.25) is 11.6 Å². The van der Waals surface area contributed by atoms with Crippen molar-refractivity contribution in [2.75, 3.05) is 0 Å². The lowest BCUT2D eigenvalue weighted by molar-refractivity contribution is 0.0373. The average Bonchev–Trinajstić information content (AvgIpc) is 3.43. The standard InChI is InChI=1S/C20H18N2O5S/c1-12(2)24-9-15-14-5-3-4-6-16(14)26-18(15)20(23)25-10-17-21-19(22-27-17)13-7-8-28-11-13/h3-8,11-12H,9-10H2,1-2H3. The summed E-state index contributed by atoms with van der Waals surface area (Å²) in [5, 5.41) is 8.56. The Morgan fingerprint density at radius 1 is 1.21 bits per heavy atom. The van der Waals surface area contributed by atoms with Gasteiger partial charge in [-0.1, -0.05) is 23.4 Å². The second-order valence-electron chi connectivity index (χ2n) is 6.37. The Morgan fingerprint density at radius 2 is 2.07 bits per heavy atom. The molecule has 1 aromatic carbocycles. The van der Waals surface area contributed by atoms with Gasteiger partial charge in [0, 0.05) is 21.9 Å². The third-order valence-electron chi connectivity index (χ3n) is 4.02. The highest BCUT2D eigenvalue weighted by Crippen LogP contribution is 2.28. The summed E-state index contributed by atoms with van der Waals surface area (Å²) in [6, 6.07) is 9.31. The lowest BCUT2D eigenvalue weighted by Crippen LogP contribution is -2.09. The van der Waals surface area contributed by atoms with E-state index in [1.54, 1.807) is 6.07 Å². The quantitative estimate of drug-likeness (QED) is 0.412. The third-order valence-corrected chi connectivity index (χ3v) is 4.70. The Bertz CT molecular complexity index is 1080. The zero-order chi connectivity index (χ0) is 19.5. The van der Waals surface area contributed by atoms with E-state index >= 15 is 0 Å². The number of carbonyl (C=O) groups excluding carboxylic acids is 1. The summed E-state index contributed by atoms with van der Waals surface area (Å²) < 4.78 is 21.9. The average molecular weight is 398 g/mol. The maximum Gasteiger partial charge on any atom is 0.375 e. The topological polar surface area (TPSA) is 87.6 Å². The summed E-state index contributed by atoms with van der Waals surface area (Å²) in [5.74, 6) is 0.195. The van der Waals surface area contributed by atoms with Gasteiger partial charge in [0.05, 0.1) is 12.7 Å². The molecule has 0 aliphatic heterocycles. The van der Waals surface area contributed by atoms with Crippen molar-refractivity contribution >= 4 is 28.3 Å². The van der Waals surface area contributed by atoms with E-state index in [9.17, 15) is 4.79 Å². The Morgan fingerprint density at radius 3 is 2.86 bits per heavy atom. The molecule has 0 unspecified atom stereocenters. The Labute approximate surface area is 164 Å². The zero-order valence-electron chi connectivity index (χ0n) is 15.4. The first-order valence-electron chi connectivity index (χ1n) is 8.76. The molecule has 3 heterocycles. The summed E-state index contributed by atoms with van der Waals surface area (Å²) in [7, 11) is 0. The molecular formula is C20H18N2O5S. The maximum absolute atomic E-state index is 12.6. The highest BCUT2D eigenvalue weighted by atomic mass is 32.1. The van der Waals surface area contributed by atoms with Crippen molar-refractivity contribution in [1.29, 1.82) is 0 Å². The number of benzene rings is 1. The fraction of sp³-hybridized carbons (Fsp3) is 0.250. The monoisotopic (exact) mass is 398 g/mol. The molecule has 0 N–H and O–H groups in total. The van der Waals surface area contributed by atoms with Gasteiger partial charge in [-0.3, -0.25) is 0 Å². The van der Waals surface area contributed by atoms with Gasteiger partial charge in [-0.25, -0.2) is 4.79 Å². The van der Waals surface area contributed by atoms with Crippen molar-refractivity contribution in [1.82, 2.24) is 10.1 Å². The van der Waals surface area contributed by atoms with Crippen LogP contribution in [0.25, 0.3) is 22.4 Å². The molecule has 8 heteroatoms. The maximum atomic E-state index is 12.6. The summed E-state index contributed by atoms with van der Waals surface area (Å²) in [6.07, 6.45) is 0.0199. The van der Waals surface area contributed by atoms with Gasteiger partial charge >= 0.3 is 5.97 Å². The van der Waals surface area contributed by atoms with Crippen LogP contribution in [0.1, 0.15) is 35.9 Å². The SMILES string of the molecule is CC(C)OCc1c(C(=O)OCc2nc(-c3ccsc3)no2)oc2ccccc12. The molecule has 0 radical (unpaired) electrons. The largest absolute Gasteiger partial charge is 0.450 e. The Kier molecular flexibility index (Phi) is 5.23. The van der Waals surface area contributed by atoms with Crippen molar-refractivity contribution in [2.24, 2.45) is 0 Å². The van der Waals surface area contributed by atoms with Crippen molar-refractivity contribution in [3.05, 3.63) is 58.3 Å². The third kappa shape index (κ3) is 3.83. The van der Waals surface area contributed by atoms with Gasteiger partial charge < -0.3 is 18.4 Å². The van der Waals surface area contributed by atoms with Crippen LogP contribution < -0.4 is 0 Å². The molecule has 28 heavy (non-hydrogen) atoms. The molecule has 0 fully saturated rings. The van der Waals surface area contributed by atoms with Crippen molar-refractivity contribution in [3.8, 4) is 11.4 Å². The van der Waals surface area contributed by atoms with Crippen LogP contribution in [0.2, 0.25) is 0 Å². The molecule has 144 valence electrons. The minimum atomic E-state index is -0.603. The van der Waals surface area contributed by atoms with E-state index in [2.05, 4.69) is 10.1 Å². The molecule has 0 saturated carbocycles. The molecule has 0 bridgehead atoms. The first kappa shape index (κ1) is 18.4. The summed E-state index contributed by atoms with van der Waals surface area (Å²) >= 11 is 1.54. The fourth-order valence-corrected chi connectivity index (χ4v) is 3.31. The highest BCUT2D eigenvalue weighted by molar-refractivity contribution is 7.08. The first-order chi connectivity index (χ1) is 13.6. The van der Waals surface area contributed by atoms with E-state index in [4.69, 9.17) is 18.4 Å². The van der Waals surface area contributed by atoms with Crippen LogP contribution in [0.3, 0.4) is 0 Å². The van der Waals surface area contributed by atoms with E-state index in [0.717, 1.165) is 10.9 Å². The van der Waals surface area contributed by atoms with Crippen LogP contribution in [-0.2, 0) is 22.7 Å². The van der Waals surface area contributed by atoms with Crippen LogP contribution in [0.5, 0.6) is 0 Å². The predicted octanol–water partition coefficient (Wildman–Crippen LogP) is 4.83. The van der Waals surface area contributed by atoms with Crippen LogP contribution >= 0.6 is 11.3 Å². The van der Waals surface area contributed by atoms with Gasteiger partial charge in [0.15, 0.2) is 6.61 Å². The number of hydrogen-bond acceptors (Lipinski definition) is 8. The fourth-order valence-electron chi connectivity index (χ4n) is 2.67. The van der Waals surface area contributed by atoms with Crippen LogP contribution in [0, 0.1) is 0 Å². The molecule has 4 rings (SSSR count). The normalized spacial score (nSPS) is 11.4. The number of rotatable bonds is 7. The number of nitrogens with zero attached hydrogens (tertiary/aromatic N) is 2. The van der Waals surface area contributed by atoms with E-state index in [0.29, 0.717) is 17.0 Å². The number of carbonyl (C=O) groups is 1. The molecule has 0 spiro atoms. The number of furan rings is 1. The van der Waals surface area contributed by atoms with Crippen LogP contribution in [-0.4, -0.2) is 22.2 Å². The zero-order valence-corrected chi connectivity index (χ0v) is 16.2. The minimum Gasteiger partial charge on any atom is -0.450 e. The second kappa shape index (κ2) is 7.95. The number of hydrogen-bond donors (Lipinski definition) is 0. The van der Waals surface area contributed by atoms with Gasteiger partial charge in [-0.2, -0.15) is 16.3 Å². The summed E-state index contributed by atoms with van der Waals surface area (Å²) in [4.78, 5) is 16.9. The van der Waals surface area contributed by atoms with Gasteiger partial charge in [0.1, 0.15) is 5.58 Å². The van der Waals surface area contributed by atoms with Crippen molar-refractivity contribution < 1.29 is 23.2 Å². The summed E-state index contributed by atoms with van der Waals surface area (Å²) in [6.45, 7) is 3.97. The van der Waals surface area contributed by atoms with Gasteiger partial charge in [-0.15, -0.1) is 0 Å². The van der Waals surface area contributed by atoms with E-state index < -0.39 is 5.97 Å². The Hall–Kier alpha value is -2.97. The van der Waals surface area contributed by atoms with E-state index in [-0.39, 0.29) is 31.0 Å². The molecule has 4 aromatic rings. The van der Waals surface area contributed by atoms with E-state index in [1.165, 1.54) is 11.3 Å². The van der Waals surface area contributed by atoms with Crippen molar-refractivity contribution in [2.45, 2.75) is 33.2 Å². The first-order valence-corrected chi connectivity index (χ1v) is 9.70. The lowest BCUT2D eigenvalue weighted by atomic mass is 10.1. The molecular weight excluding hydrogens is 380 g/mol. The highest BCUT2D eigenvalue weighted by Gasteiger charge is 2.23. The number of para-hydroxylation sites is 1. The molecule has 0 saturated heterocycles. The molecule has 3 aromatic heterocycles. The number of ether oxygens (including phenoxy) is 2. The van der Waals surface area contributed by atoms with Crippen LogP contribution in [0.4, 0.5) is 0 Å². The smallest absolute Gasteiger partial charge is 0.375 e. The van der Waals surface area contributed by atoms with Gasteiger partial charge in [-0.05, 0) is 31.4 Å². The minimum absolute atomic E-state index is 0.0199. The van der Waals surface area contributed by atoms with E-state index in [1.807, 2.05) is 48.9 Å². The predicted molar refractivity (Wildman–Crippen MR) is 103 cm³/mol.